The normalized spacial score (nSPS) is 15.0. The molecule has 1 fully saturated rings. The van der Waals surface area contributed by atoms with Gasteiger partial charge >= 0.3 is 0 Å². The summed E-state index contributed by atoms with van der Waals surface area (Å²) in [6.45, 7) is 7.32. The first-order valence-corrected chi connectivity index (χ1v) is 6.47. The number of carbonyl (C=O) groups is 1. The molecule has 1 aromatic heterocycles. The summed E-state index contributed by atoms with van der Waals surface area (Å²) in [7, 11) is 0. The van der Waals surface area contributed by atoms with E-state index in [0.29, 0.717) is 24.8 Å². The Balaban J connectivity index is 2.07. The molecule has 5 nitrogen and oxygen atoms in total. The average Bonchev–Trinajstić information content (AvgIpc) is 2.35. The second-order valence-corrected chi connectivity index (χ2v) is 4.41. The van der Waals surface area contributed by atoms with Crippen LogP contribution in [0.25, 0.3) is 0 Å². The summed E-state index contributed by atoms with van der Waals surface area (Å²) in [6.07, 6.45) is 1.69. The molecule has 0 aliphatic carbocycles. The number of hydrogen-bond donors (Lipinski definition) is 2. The Kier molecular flexibility index (Phi) is 4.15. The van der Waals surface area contributed by atoms with Gasteiger partial charge in [-0.2, -0.15) is 0 Å². The quantitative estimate of drug-likeness (QED) is 0.814. The van der Waals surface area contributed by atoms with Crippen molar-refractivity contribution in [1.29, 1.82) is 0 Å². The molecule has 18 heavy (non-hydrogen) atoms. The van der Waals surface area contributed by atoms with Gasteiger partial charge in [0.15, 0.2) is 0 Å². The van der Waals surface area contributed by atoms with Crippen molar-refractivity contribution in [1.82, 2.24) is 15.2 Å². The highest BCUT2D eigenvalue weighted by atomic mass is 16.2. The van der Waals surface area contributed by atoms with Crippen LogP contribution in [0.4, 0.5) is 5.69 Å². The number of aromatic nitrogens is 1. The van der Waals surface area contributed by atoms with E-state index >= 15 is 0 Å². The van der Waals surface area contributed by atoms with Crippen LogP contribution in [-0.4, -0.2) is 48.0 Å². The van der Waals surface area contributed by atoms with Gasteiger partial charge in [-0.25, -0.2) is 0 Å². The summed E-state index contributed by atoms with van der Waals surface area (Å²) in [5, 5.41) is 6.58. The second-order valence-electron chi connectivity index (χ2n) is 4.41. The lowest BCUT2D eigenvalue weighted by molar-refractivity contribution is 0.0767. The monoisotopic (exact) mass is 248 g/mol. The lowest BCUT2D eigenvalue weighted by Gasteiger charge is -2.29. The van der Waals surface area contributed by atoms with Crippen LogP contribution in [0.2, 0.25) is 0 Å². The number of pyridine rings is 1. The number of amides is 1. The van der Waals surface area contributed by atoms with Crippen LogP contribution < -0.4 is 10.6 Å². The fraction of sp³-hybridized carbons (Fsp3) is 0.538. The number of nitrogens with one attached hydrogen (secondary N) is 2. The van der Waals surface area contributed by atoms with Gasteiger partial charge in [-0.15, -0.1) is 0 Å². The van der Waals surface area contributed by atoms with E-state index in [0.717, 1.165) is 18.8 Å². The summed E-state index contributed by atoms with van der Waals surface area (Å²) < 4.78 is 0. The van der Waals surface area contributed by atoms with Gasteiger partial charge in [0.05, 0.1) is 6.04 Å². The van der Waals surface area contributed by atoms with Crippen molar-refractivity contribution in [3.8, 4) is 0 Å². The third-order valence-electron chi connectivity index (χ3n) is 3.18. The molecule has 0 saturated carbocycles. The van der Waals surface area contributed by atoms with Gasteiger partial charge in [0.25, 0.3) is 5.91 Å². The minimum Gasteiger partial charge on any atom is -0.380 e. The van der Waals surface area contributed by atoms with Crippen molar-refractivity contribution in [3.05, 3.63) is 24.0 Å². The molecule has 5 heteroatoms. The molecule has 1 aliphatic rings. The Morgan fingerprint density at radius 3 is 2.78 bits per heavy atom. The molecule has 1 aromatic rings. The van der Waals surface area contributed by atoms with Gasteiger partial charge in [-0.05, 0) is 26.0 Å². The van der Waals surface area contributed by atoms with Gasteiger partial charge in [0.1, 0.15) is 5.69 Å². The van der Waals surface area contributed by atoms with E-state index in [1.807, 2.05) is 26.0 Å². The predicted molar refractivity (Wildman–Crippen MR) is 71.8 cm³/mol. The molecular weight excluding hydrogens is 228 g/mol. The molecular formula is C13H20N4O. The van der Waals surface area contributed by atoms with E-state index in [2.05, 4.69) is 15.6 Å². The van der Waals surface area contributed by atoms with E-state index in [1.54, 1.807) is 11.1 Å². The Morgan fingerprint density at radius 1 is 1.50 bits per heavy atom. The van der Waals surface area contributed by atoms with Crippen LogP contribution in [0.1, 0.15) is 24.3 Å². The molecule has 0 spiro atoms. The average molecular weight is 248 g/mol. The standard InChI is InChI=1S/C13H20N4O/c1-3-17(4-2)13(18)12-7-10(5-6-15-12)16-11-8-14-9-11/h5-7,11,14H,3-4,8-9H2,1-2H3,(H,15,16). The van der Waals surface area contributed by atoms with Crippen molar-refractivity contribution >= 4 is 11.6 Å². The zero-order chi connectivity index (χ0) is 13.0. The molecule has 1 aliphatic heterocycles. The van der Waals surface area contributed by atoms with Gasteiger partial charge in [-0.1, -0.05) is 0 Å². The van der Waals surface area contributed by atoms with Gasteiger partial charge in [-0.3, -0.25) is 9.78 Å². The zero-order valence-corrected chi connectivity index (χ0v) is 10.9. The topological polar surface area (TPSA) is 57.3 Å². The Bertz CT molecular complexity index is 413. The number of rotatable bonds is 5. The Labute approximate surface area is 108 Å². The minimum atomic E-state index is -0.00427. The maximum absolute atomic E-state index is 12.2. The summed E-state index contributed by atoms with van der Waals surface area (Å²) in [6, 6.07) is 4.19. The van der Waals surface area contributed by atoms with Crippen molar-refractivity contribution in [2.75, 3.05) is 31.5 Å². The van der Waals surface area contributed by atoms with E-state index in [1.165, 1.54) is 0 Å². The maximum atomic E-state index is 12.2. The van der Waals surface area contributed by atoms with Crippen LogP contribution in [0.15, 0.2) is 18.3 Å². The number of hydrogen-bond acceptors (Lipinski definition) is 4. The molecule has 1 amide bonds. The minimum absolute atomic E-state index is 0.00427. The molecule has 0 radical (unpaired) electrons. The molecule has 0 aromatic carbocycles. The van der Waals surface area contributed by atoms with E-state index in [4.69, 9.17) is 0 Å². The maximum Gasteiger partial charge on any atom is 0.272 e. The fourth-order valence-corrected chi connectivity index (χ4v) is 1.94. The number of anilines is 1. The summed E-state index contributed by atoms with van der Waals surface area (Å²) in [4.78, 5) is 18.1. The van der Waals surface area contributed by atoms with E-state index < -0.39 is 0 Å². The highest BCUT2D eigenvalue weighted by Gasteiger charge is 2.18. The smallest absolute Gasteiger partial charge is 0.272 e. The molecule has 2 N–H and O–H groups in total. The van der Waals surface area contributed by atoms with Crippen molar-refractivity contribution < 1.29 is 4.79 Å². The third kappa shape index (κ3) is 2.79. The first kappa shape index (κ1) is 12.8. The lowest BCUT2D eigenvalue weighted by Crippen LogP contribution is -2.51. The summed E-state index contributed by atoms with van der Waals surface area (Å²) >= 11 is 0. The SMILES string of the molecule is CCN(CC)C(=O)c1cc(NC2CNC2)ccn1. The van der Waals surface area contributed by atoms with Crippen molar-refractivity contribution in [3.63, 3.8) is 0 Å². The van der Waals surface area contributed by atoms with Crippen molar-refractivity contribution in [2.24, 2.45) is 0 Å². The van der Waals surface area contributed by atoms with Crippen LogP contribution in [0.3, 0.4) is 0 Å². The van der Waals surface area contributed by atoms with Crippen LogP contribution in [0, 0.1) is 0 Å². The highest BCUT2D eigenvalue weighted by molar-refractivity contribution is 5.93. The second kappa shape index (κ2) is 5.82. The van der Waals surface area contributed by atoms with Crippen LogP contribution in [0.5, 0.6) is 0 Å². The predicted octanol–water partition coefficient (Wildman–Crippen LogP) is 0.947. The zero-order valence-electron chi connectivity index (χ0n) is 10.9. The van der Waals surface area contributed by atoms with Gasteiger partial charge in [0.2, 0.25) is 0 Å². The Morgan fingerprint density at radius 2 is 2.22 bits per heavy atom. The first-order chi connectivity index (χ1) is 8.74. The molecule has 2 rings (SSSR count). The highest BCUT2D eigenvalue weighted by Crippen LogP contribution is 2.12. The summed E-state index contributed by atoms with van der Waals surface area (Å²) in [5.41, 5.74) is 1.47. The molecule has 2 heterocycles. The lowest BCUT2D eigenvalue weighted by atomic mass is 10.1. The Hall–Kier alpha value is -1.62. The van der Waals surface area contributed by atoms with E-state index in [-0.39, 0.29) is 5.91 Å². The number of nitrogens with zero attached hydrogens (tertiary/aromatic N) is 2. The molecule has 1 saturated heterocycles. The fourth-order valence-electron chi connectivity index (χ4n) is 1.94. The van der Waals surface area contributed by atoms with Gasteiger partial charge < -0.3 is 15.5 Å². The van der Waals surface area contributed by atoms with E-state index in [9.17, 15) is 4.79 Å². The molecule has 0 unspecified atom stereocenters. The van der Waals surface area contributed by atoms with Crippen LogP contribution >= 0.6 is 0 Å². The largest absolute Gasteiger partial charge is 0.380 e. The van der Waals surface area contributed by atoms with Gasteiger partial charge in [0, 0.05) is 38.1 Å². The molecule has 98 valence electrons. The van der Waals surface area contributed by atoms with Crippen molar-refractivity contribution in [2.45, 2.75) is 19.9 Å². The number of carbonyl (C=O) groups excluding carboxylic acids is 1. The van der Waals surface area contributed by atoms with Crippen LogP contribution in [-0.2, 0) is 0 Å². The molecule has 0 atom stereocenters. The molecule has 0 bridgehead atoms. The summed E-state index contributed by atoms with van der Waals surface area (Å²) in [5.74, 6) is -0.00427. The third-order valence-corrected chi connectivity index (χ3v) is 3.18. The first-order valence-electron chi connectivity index (χ1n) is 6.47.